The fraction of sp³-hybridized carbons (Fsp3) is 0.333. The van der Waals surface area contributed by atoms with Gasteiger partial charge in [0.2, 0.25) is 0 Å². The third-order valence-electron chi connectivity index (χ3n) is 2.33. The number of halogens is 1. The Morgan fingerprint density at radius 2 is 2.25 bits per heavy atom. The van der Waals surface area contributed by atoms with E-state index in [1.807, 2.05) is 20.2 Å². The molecule has 0 saturated carbocycles. The second kappa shape index (κ2) is 4.67. The molecule has 2 rings (SSSR count). The van der Waals surface area contributed by atoms with Crippen LogP contribution in [-0.4, -0.2) is 32.2 Å². The van der Waals surface area contributed by atoms with E-state index in [2.05, 4.69) is 41.8 Å². The van der Waals surface area contributed by atoms with Crippen molar-refractivity contribution in [1.29, 1.82) is 0 Å². The zero-order valence-corrected chi connectivity index (χ0v) is 10.5. The predicted molar refractivity (Wildman–Crippen MR) is 61.6 cm³/mol. The Morgan fingerprint density at radius 1 is 1.44 bits per heavy atom. The Balaban J connectivity index is 2.45. The molecule has 0 spiro atoms. The smallest absolute Gasteiger partial charge is 0.153 e. The third-order valence-corrected chi connectivity index (χ3v) is 2.89. The molecule has 2 heterocycles. The molecule has 1 atom stereocenters. The van der Waals surface area contributed by atoms with Gasteiger partial charge in [0, 0.05) is 13.2 Å². The van der Waals surface area contributed by atoms with Gasteiger partial charge in [-0.1, -0.05) is 5.21 Å². The van der Waals surface area contributed by atoms with Crippen molar-refractivity contribution >= 4 is 15.9 Å². The van der Waals surface area contributed by atoms with E-state index >= 15 is 0 Å². The molecule has 0 radical (unpaired) electrons. The SMILES string of the molecule is CNC(c1ccnnc1)c1c(Br)nnn1C. The van der Waals surface area contributed by atoms with Crippen LogP contribution in [-0.2, 0) is 7.05 Å². The molecule has 0 aliphatic carbocycles. The number of nitrogens with one attached hydrogen (secondary N) is 1. The van der Waals surface area contributed by atoms with Crippen molar-refractivity contribution in [1.82, 2.24) is 30.5 Å². The average molecular weight is 283 g/mol. The van der Waals surface area contributed by atoms with Crippen LogP contribution in [0, 0.1) is 0 Å². The van der Waals surface area contributed by atoms with Gasteiger partial charge in [0.15, 0.2) is 4.60 Å². The normalized spacial score (nSPS) is 12.7. The molecule has 2 aromatic rings. The van der Waals surface area contributed by atoms with Crippen molar-refractivity contribution in [2.24, 2.45) is 7.05 Å². The molecule has 2 aromatic heterocycles. The number of rotatable bonds is 3. The lowest BCUT2D eigenvalue weighted by molar-refractivity contribution is 0.594. The molecule has 0 aromatic carbocycles. The van der Waals surface area contributed by atoms with Crippen LogP contribution in [0.5, 0.6) is 0 Å². The van der Waals surface area contributed by atoms with Gasteiger partial charge in [0.25, 0.3) is 0 Å². The van der Waals surface area contributed by atoms with E-state index in [4.69, 9.17) is 0 Å². The minimum atomic E-state index is -0.00938. The van der Waals surface area contributed by atoms with Crippen LogP contribution in [0.25, 0.3) is 0 Å². The van der Waals surface area contributed by atoms with Gasteiger partial charge in [-0.25, -0.2) is 4.68 Å². The number of hydrogen-bond donors (Lipinski definition) is 1. The Morgan fingerprint density at radius 3 is 2.75 bits per heavy atom. The quantitative estimate of drug-likeness (QED) is 0.897. The zero-order valence-electron chi connectivity index (χ0n) is 8.92. The maximum atomic E-state index is 3.96. The Bertz CT molecular complexity index is 449. The maximum Gasteiger partial charge on any atom is 0.153 e. The van der Waals surface area contributed by atoms with Crippen LogP contribution >= 0.6 is 15.9 Å². The van der Waals surface area contributed by atoms with Crippen LogP contribution in [0.4, 0.5) is 0 Å². The molecule has 7 heteroatoms. The van der Waals surface area contributed by atoms with Crippen LogP contribution < -0.4 is 5.32 Å². The average Bonchev–Trinajstić information content (AvgIpc) is 2.63. The molecule has 0 aliphatic rings. The first-order chi connectivity index (χ1) is 7.74. The van der Waals surface area contributed by atoms with Crippen molar-refractivity contribution in [3.05, 3.63) is 34.3 Å². The first kappa shape index (κ1) is 11.2. The van der Waals surface area contributed by atoms with E-state index in [9.17, 15) is 0 Å². The van der Waals surface area contributed by atoms with Gasteiger partial charge in [0.05, 0.1) is 17.9 Å². The highest BCUT2D eigenvalue weighted by Crippen LogP contribution is 2.25. The number of aryl methyl sites for hydroxylation is 1. The number of nitrogens with zero attached hydrogens (tertiary/aromatic N) is 5. The molecule has 6 nitrogen and oxygen atoms in total. The van der Waals surface area contributed by atoms with Crippen molar-refractivity contribution in [3.63, 3.8) is 0 Å². The Labute approximate surface area is 101 Å². The minimum Gasteiger partial charge on any atom is -0.308 e. The first-order valence-corrected chi connectivity index (χ1v) is 5.52. The molecule has 0 aliphatic heterocycles. The highest BCUT2D eigenvalue weighted by atomic mass is 79.9. The summed E-state index contributed by atoms with van der Waals surface area (Å²) in [6.45, 7) is 0. The van der Waals surface area contributed by atoms with Crippen molar-refractivity contribution < 1.29 is 0 Å². The van der Waals surface area contributed by atoms with Crippen LogP contribution in [0.2, 0.25) is 0 Å². The number of aromatic nitrogens is 5. The lowest BCUT2D eigenvalue weighted by Crippen LogP contribution is -2.21. The summed E-state index contributed by atoms with van der Waals surface area (Å²) in [6.07, 6.45) is 3.39. The van der Waals surface area contributed by atoms with E-state index in [0.29, 0.717) is 0 Å². The Kier molecular flexibility index (Phi) is 3.25. The number of hydrogen-bond acceptors (Lipinski definition) is 5. The lowest BCUT2D eigenvalue weighted by Gasteiger charge is -2.15. The highest BCUT2D eigenvalue weighted by molar-refractivity contribution is 9.10. The zero-order chi connectivity index (χ0) is 11.5. The molecule has 16 heavy (non-hydrogen) atoms. The van der Waals surface area contributed by atoms with Crippen molar-refractivity contribution in [2.45, 2.75) is 6.04 Å². The minimum absolute atomic E-state index is 0.00938. The summed E-state index contributed by atoms with van der Waals surface area (Å²) in [5.74, 6) is 0. The van der Waals surface area contributed by atoms with Crippen LogP contribution in [0.1, 0.15) is 17.3 Å². The van der Waals surface area contributed by atoms with E-state index in [-0.39, 0.29) is 6.04 Å². The summed E-state index contributed by atoms with van der Waals surface area (Å²) < 4.78 is 2.46. The molecule has 1 N–H and O–H groups in total. The highest BCUT2D eigenvalue weighted by Gasteiger charge is 2.20. The Hall–Kier alpha value is -1.34. The molecule has 0 amide bonds. The van der Waals surface area contributed by atoms with Gasteiger partial charge in [-0.05, 0) is 34.6 Å². The largest absolute Gasteiger partial charge is 0.308 e. The molecule has 1 unspecified atom stereocenters. The molecule has 0 fully saturated rings. The lowest BCUT2D eigenvalue weighted by atomic mass is 10.1. The van der Waals surface area contributed by atoms with Gasteiger partial charge < -0.3 is 5.32 Å². The van der Waals surface area contributed by atoms with Gasteiger partial charge in [-0.2, -0.15) is 10.2 Å². The summed E-state index contributed by atoms with van der Waals surface area (Å²) in [7, 11) is 3.73. The molecule has 84 valence electrons. The van der Waals surface area contributed by atoms with E-state index in [1.165, 1.54) is 0 Å². The van der Waals surface area contributed by atoms with Gasteiger partial charge in [-0.15, -0.1) is 5.10 Å². The molecule has 0 saturated heterocycles. The maximum absolute atomic E-state index is 3.96. The van der Waals surface area contributed by atoms with Crippen molar-refractivity contribution in [3.8, 4) is 0 Å². The molecule has 0 bridgehead atoms. The van der Waals surface area contributed by atoms with Crippen LogP contribution in [0.3, 0.4) is 0 Å². The summed E-state index contributed by atoms with van der Waals surface area (Å²) in [5.41, 5.74) is 1.97. The second-order valence-corrected chi connectivity index (χ2v) is 4.04. The fourth-order valence-electron chi connectivity index (χ4n) is 1.58. The monoisotopic (exact) mass is 282 g/mol. The molecular weight excluding hydrogens is 272 g/mol. The van der Waals surface area contributed by atoms with E-state index < -0.39 is 0 Å². The second-order valence-electron chi connectivity index (χ2n) is 3.29. The standard InChI is InChI=1S/C9H11BrN6/c1-11-7(6-3-4-12-13-5-6)8-9(10)14-15-16(8)2/h3-5,7,11H,1-2H3. The van der Waals surface area contributed by atoms with Gasteiger partial charge >= 0.3 is 0 Å². The summed E-state index contributed by atoms with van der Waals surface area (Å²) in [6, 6.07) is 1.90. The fourth-order valence-corrected chi connectivity index (χ4v) is 2.13. The summed E-state index contributed by atoms with van der Waals surface area (Å²) in [4.78, 5) is 0. The predicted octanol–water partition coefficient (Wildman–Crippen LogP) is 0.676. The topological polar surface area (TPSA) is 68.5 Å². The first-order valence-electron chi connectivity index (χ1n) is 4.73. The van der Waals surface area contributed by atoms with E-state index in [1.54, 1.807) is 17.1 Å². The molecular formula is C9H11BrN6. The summed E-state index contributed by atoms with van der Waals surface area (Å²) in [5, 5.41) is 18.8. The van der Waals surface area contributed by atoms with Crippen LogP contribution in [0.15, 0.2) is 23.1 Å². The van der Waals surface area contributed by atoms with E-state index in [0.717, 1.165) is 15.9 Å². The third kappa shape index (κ3) is 1.96. The van der Waals surface area contributed by atoms with Gasteiger partial charge in [-0.3, -0.25) is 0 Å². The summed E-state index contributed by atoms with van der Waals surface area (Å²) >= 11 is 3.39. The van der Waals surface area contributed by atoms with Crippen molar-refractivity contribution in [2.75, 3.05) is 7.05 Å². The van der Waals surface area contributed by atoms with Gasteiger partial charge in [0.1, 0.15) is 0 Å².